The molecule has 0 radical (unpaired) electrons. The summed E-state index contributed by atoms with van der Waals surface area (Å²) in [7, 11) is 0. The Hall–Kier alpha value is -2.42. The normalized spacial score (nSPS) is 15.3. The van der Waals surface area contributed by atoms with E-state index in [1.807, 2.05) is 0 Å². The van der Waals surface area contributed by atoms with Gasteiger partial charge in [-0.05, 0) is 17.5 Å². The van der Waals surface area contributed by atoms with Crippen molar-refractivity contribution in [3.8, 4) is 0 Å². The first-order valence-corrected chi connectivity index (χ1v) is 8.44. The number of hydrogen-bond donors (Lipinski definition) is 0. The molecule has 0 aliphatic carbocycles. The van der Waals surface area contributed by atoms with Gasteiger partial charge in [0.2, 0.25) is 0 Å². The lowest BCUT2D eigenvalue weighted by Crippen LogP contribution is -2.50. The van der Waals surface area contributed by atoms with Crippen molar-refractivity contribution in [2.45, 2.75) is 6.18 Å². The van der Waals surface area contributed by atoms with E-state index in [9.17, 15) is 22.8 Å². The van der Waals surface area contributed by atoms with Crippen molar-refractivity contribution in [1.29, 1.82) is 0 Å². The van der Waals surface area contributed by atoms with Crippen LogP contribution in [0.4, 0.5) is 13.2 Å². The van der Waals surface area contributed by atoms with Gasteiger partial charge in [0.15, 0.2) is 0 Å². The smallest absolute Gasteiger partial charge is 0.335 e. The van der Waals surface area contributed by atoms with Crippen molar-refractivity contribution in [3.63, 3.8) is 0 Å². The molecule has 1 fully saturated rings. The molecule has 25 heavy (non-hydrogen) atoms. The first-order valence-electron chi connectivity index (χ1n) is 7.50. The van der Waals surface area contributed by atoms with Gasteiger partial charge in [0, 0.05) is 44.0 Å². The Balaban J connectivity index is 1.70. The number of pyridine rings is 1. The van der Waals surface area contributed by atoms with Crippen molar-refractivity contribution in [2.24, 2.45) is 0 Å². The average Bonchev–Trinajstić information content (AvgIpc) is 3.14. The van der Waals surface area contributed by atoms with E-state index in [1.54, 1.807) is 21.7 Å². The van der Waals surface area contributed by atoms with Crippen LogP contribution in [0.15, 0.2) is 35.3 Å². The first kappa shape index (κ1) is 17.4. The van der Waals surface area contributed by atoms with E-state index in [-0.39, 0.29) is 32.1 Å². The van der Waals surface area contributed by atoms with E-state index >= 15 is 0 Å². The van der Waals surface area contributed by atoms with Crippen molar-refractivity contribution in [2.75, 3.05) is 26.2 Å². The second kappa shape index (κ2) is 6.83. The third kappa shape index (κ3) is 3.65. The summed E-state index contributed by atoms with van der Waals surface area (Å²) in [5, 5.41) is 3.54. The quantitative estimate of drug-likeness (QED) is 0.818. The van der Waals surface area contributed by atoms with Gasteiger partial charge in [-0.1, -0.05) is 0 Å². The minimum Gasteiger partial charge on any atom is -0.335 e. The molecule has 3 heterocycles. The van der Waals surface area contributed by atoms with Gasteiger partial charge in [-0.15, -0.1) is 0 Å². The fourth-order valence-corrected chi connectivity index (χ4v) is 3.29. The van der Waals surface area contributed by atoms with Crippen LogP contribution in [0.5, 0.6) is 0 Å². The van der Waals surface area contributed by atoms with E-state index in [0.29, 0.717) is 11.8 Å². The predicted molar refractivity (Wildman–Crippen MR) is 85.4 cm³/mol. The molecule has 0 aromatic carbocycles. The van der Waals surface area contributed by atoms with Crippen LogP contribution in [0.1, 0.15) is 26.3 Å². The van der Waals surface area contributed by atoms with E-state index in [0.717, 1.165) is 6.07 Å². The minimum absolute atomic E-state index is 0.131. The van der Waals surface area contributed by atoms with Crippen LogP contribution in [0.2, 0.25) is 0 Å². The number of carbonyl (C=O) groups is 2. The number of halogens is 3. The van der Waals surface area contributed by atoms with E-state index in [2.05, 4.69) is 4.98 Å². The largest absolute Gasteiger partial charge is 0.418 e. The van der Waals surface area contributed by atoms with Crippen LogP contribution in [-0.2, 0) is 6.18 Å². The number of nitrogens with zero attached hydrogens (tertiary/aromatic N) is 3. The lowest BCUT2D eigenvalue weighted by Gasteiger charge is -2.35. The molecule has 2 aromatic heterocycles. The topological polar surface area (TPSA) is 53.5 Å². The first-order chi connectivity index (χ1) is 11.9. The van der Waals surface area contributed by atoms with Crippen LogP contribution in [0.3, 0.4) is 0 Å². The maximum absolute atomic E-state index is 13.0. The van der Waals surface area contributed by atoms with Crippen LogP contribution < -0.4 is 0 Å². The number of rotatable bonds is 2. The second-order valence-corrected chi connectivity index (χ2v) is 6.30. The molecule has 0 N–H and O–H groups in total. The molecule has 9 heteroatoms. The second-order valence-electron chi connectivity index (χ2n) is 5.52. The summed E-state index contributed by atoms with van der Waals surface area (Å²) >= 11 is 1.41. The predicted octanol–water partition coefficient (Wildman–Crippen LogP) is 2.76. The highest BCUT2D eigenvalue weighted by atomic mass is 32.1. The minimum atomic E-state index is -4.64. The molecule has 0 spiro atoms. The summed E-state index contributed by atoms with van der Waals surface area (Å²) < 4.78 is 39.1. The van der Waals surface area contributed by atoms with Crippen LogP contribution in [0.25, 0.3) is 0 Å². The molecule has 3 rings (SSSR count). The fraction of sp³-hybridized carbons (Fsp3) is 0.312. The molecular weight excluding hydrogens is 355 g/mol. The molecule has 0 saturated carbocycles. The number of amides is 2. The summed E-state index contributed by atoms with van der Waals surface area (Å²) in [4.78, 5) is 31.1. The molecule has 0 atom stereocenters. The SMILES string of the molecule is O=C(c1ccsc1)N1CCN(C(=O)c2ccncc2C(F)(F)F)CC1. The molecule has 0 bridgehead atoms. The Morgan fingerprint density at radius 3 is 2.24 bits per heavy atom. The molecule has 1 aliphatic rings. The highest BCUT2D eigenvalue weighted by Gasteiger charge is 2.37. The molecule has 5 nitrogen and oxygen atoms in total. The Labute approximate surface area is 145 Å². The molecule has 132 valence electrons. The summed E-state index contributed by atoms with van der Waals surface area (Å²) in [6.45, 7) is 0.947. The van der Waals surface area contributed by atoms with Gasteiger partial charge in [-0.3, -0.25) is 14.6 Å². The molecule has 1 aliphatic heterocycles. The van der Waals surface area contributed by atoms with Crippen molar-refractivity contribution in [1.82, 2.24) is 14.8 Å². The summed E-state index contributed by atoms with van der Waals surface area (Å²) in [6, 6.07) is 2.80. The van der Waals surface area contributed by atoms with E-state index in [4.69, 9.17) is 0 Å². The van der Waals surface area contributed by atoms with Crippen LogP contribution in [0, 0.1) is 0 Å². The molecule has 1 saturated heterocycles. The maximum atomic E-state index is 13.0. The standard InChI is InChI=1S/C16H14F3N3O2S/c17-16(18,19)13-9-20-3-1-12(13)15(24)22-6-4-21(5-7-22)14(23)11-2-8-25-10-11/h1-3,8-10H,4-7H2. The van der Waals surface area contributed by atoms with Crippen molar-refractivity contribution in [3.05, 3.63) is 52.0 Å². The van der Waals surface area contributed by atoms with E-state index in [1.165, 1.54) is 22.4 Å². The third-order valence-corrected chi connectivity index (χ3v) is 4.66. The lowest BCUT2D eigenvalue weighted by molar-refractivity contribution is -0.138. The Kier molecular flexibility index (Phi) is 4.76. The zero-order chi connectivity index (χ0) is 18.0. The number of carbonyl (C=O) groups excluding carboxylic acids is 2. The lowest BCUT2D eigenvalue weighted by atomic mass is 10.1. The Morgan fingerprint density at radius 1 is 1.04 bits per heavy atom. The fourth-order valence-electron chi connectivity index (χ4n) is 2.66. The van der Waals surface area contributed by atoms with Gasteiger partial charge in [0.05, 0.1) is 16.7 Å². The van der Waals surface area contributed by atoms with E-state index < -0.39 is 23.2 Å². The van der Waals surface area contributed by atoms with Gasteiger partial charge in [-0.2, -0.15) is 24.5 Å². The summed E-state index contributed by atoms with van der Waals surface area (Å²) in [5.41, 5.74) is -0.879. The highest BCUT2D eigenvalue weighted by molar-refractivity contribution is 7.08. The average molecular weight is 369 g/mol. The number of alkyl halides is 3. The summed E-state index contributed by atoms with van der Waals surface area (Å²) in [5.74, 6) is -0.828. The zero-order valence-corrected chi connectivity index (χ0v) is 13.8. The summed E-state index contributed by atoms with van der Waals surface area (Å²) in [6.07, 6.45) is -2.82. The number of hydrogen-bond acceptors (Lipinski definition) is 4. The Bertz CT molecular complexity index is 769. The maximum Gasteiger partial charge on any atom is 0.418 e. The van der Waals surface area contributed by atoms with Crippen molar-refractivity contribution < 1.29 is 22.8 Å². The highest BCUT2D eigenvalue weighted by Crippen LogP contribution is 2.32. The molecular formula is C16H14F3N3O2S. The molecule has 0 unspecified atom stereocenters. The zero-order valence-electron chi connectivity index (χ0n) is 13.0. The monoisotopic (exact) mass is 369 g/mol. The van der Waals surface area contributed by atoms with Gasteiger partial charge < -0.3 is 9.80 Å². The number of aromatic nitrogens is 1. The van der Waals surface area contributed by atoms with Crippen LogP contribution in [-0.4, -0.2) is 52.8 Å². The molecule has 2 amide bonds. The number of thiophene rings is 1. The van der Waals surface area contributed by atoms with Gasteiger partial charge >= 0.3 is 6.18 Å². The third-order valence-electron chi connectivity index (χ3n) is 3.98. The number of piperazine rings is 1. The van der Waals surface area contributed by atoms with Gasteiger partial charge in [-0.25, -0.2) is 0 Å². The molecule has 2 aromatic rings. The van der Waals surface area contributed by atoms with Gasteiger partial charge in [0.25, 0.3) is 11.8 Å². The van der Waals surface area contributed by atoms with Gasteiger partial charge in [0.1, 0.15) is 0 Å². The van der Waals surface area contributed by atoms with Crippen molar-refractivity contribution >= 4 is 23.2 Å². The Morgan fingerprint density at radius 2 is 1.68 bits per heavy atom. The van der Waals surface area contributed by atoms with Crippen LogP contribution >= 0.6 is 11.3 Å².